The second-order valence-corrected chi connectivity index (χ2v) is 5.18. The standard InChI is InChI=1S/C18H21N3O3/c1-3-24-16-9-7-14(8-10-16)21-18(23)19-12-17(22)20-15-6-4-5-13(2)11-15/h4-11H,3,12H2,1-2H3,(H,20,22)(H2,19,21,23). The van der Waals surface area contributed by atoms with Gasteiger partial charge in [0.25, 0.3) is 0 Å². The molecule has 24 heavy (non-hydrogen) atoms. The number of urea groups is 1. The molecule has 126 valence electrons. The molecule has 0 radical (unpaired) electrons. The van der Waals surface area contributed by atoms with Crippen LogP contribution in [0.2, 0.25) is 0 Å². The first-order chi connectivity index (χ1) is 11.6. The second kappa shape index (κ2) is 8.57. The van der Waals surface area contributed by atoms with Crippen molar-refractivity contribution in [2.45, 2.75) is 13.8 Å². The quantitative estimate of drug-likeness (QED) is 0.762. The van der Waals surface area contributed by atoms with E-state index in [1.165, 1.54) is 0 Å². The predicted molar refractivity (Wildman–Crippen MR) is 94.4 cm³/mol. The smallest absolute Gasteiger partial charge is 0.319 e. The number of carbonyl (C=O) groups excluding carboxylic acids is 2. The summed E-state index contributed by atoms with van der Waals surface area (Å²) in [6.07, 6.45) is 0. The molecule has 0 atom stereocenters. The minimum atomic E-state index is -0.446. The number of hydrogen-bond acceptors (Lipinski definition) is 3. The minimum absolute atomic E-state index is 0.114. The average Bonchev–Trinajstić information content (AvgIpc) is 2.55. The van der Waals surface area contributed by atoms with Gasteiger partial charge in [0, 0.05) is 11.4 Å². The Kier molecular flexibility index (Phi) is 6.19. The molecule has 0 aromatic heterocycles. The molecule has 0 fully saturated rings. The maximum atomic E-state index is 11.8. The molecule has 0 aliphatic heterocycles. The molecule has 3 amide bonds. The third kappa shape index (κ3) is 5.64. The fourth-order valence-electron chi connectivity index (χ4n) is 2.07. The Morgan fingerprint density at radius 3 is 2.42 bits per heavy atom. The lowest BCUT2D eigenvalue weighted by Gasteiger charge is -2.09. The Morgan fingerprint density at radius 2 is 1.75 bits per heavy atom. The van der Waals surface area contributed by atoms with E-state index in [0.717, 1.165) is 11.3 Å². The van der Waals surface area contributed by atoms with Crippen LogP contribution in [0.4, 0.5) is 16.2 Å². The van der Waals surface area contributed by atoms with Gasteiger partial charge in [-0.3, -0.25) is 4.79 Å². The number of benzene rings is 2. The number of ether oxygens (including phenoxy) is 1. The first-order valence-corrected chi connectivity index (χ1v) is 7.71. The summed E-state index contributed by atoms with van der Waals surface area (Å²) in [5, 5.41) is 7.89. The van der Waals surface area contributed by atoms with Crippen LogP contribution in [-0.2, 0) is 4.79 Å². The summed E-state index contributed by atoms with van der Waals surface area (Å²) < 4.78 is 5.33. The van der Waals surface area contributed by atoms with Gasteiger partial charge in [-0.1, -0.05) is 12.1 Å². The summed E-state index contributed by atoms with van der Waals surface area (Å²) in [6.45, 7) is 4.32. The third-order valence-electron chi connectivity index (χ3n) is 3.13. The van der Waals surface area contributed by atoms with Crippen molar-refractivity contribution in [1.82, 2.24) is 5.32 Å². The number of aryl methyl sites for hydroxylation is 1. The van der Waals surface area contributed by atoms with Gasteiger partial charge in [-0.2, -0.15) is 0 Å². The van der Waals surface area contributed by atoms with E-state index in [1.807, 2.05) is 32.0 Å². The van der Waals surface area contributed by atoms with Crippen LogP contribution in [0.25, 0.3) is 0 Å². The Balaban J connectivity index is 1.77. The zero-order valence-electron chi connectivity index (χ0n) is 13.8. The lowest BCUT2D eigenvalue weighted by atomic mass is 10.2. The van der Waals surface area contributed by atoms with Gasteiger partial charge in [-0.25, -0.2) is 4.79 Å². The maximum absolute atomic E-state index is 11.8. The molecule has 0 unspecified atom stereocenters. The summed E-state index contributed by atoms with van der Waals surface area (Å²) >= 11 is 0. The summed E-state index contributed by atoms with van der Waals surface area (Å²) in [6, 6.07) is 14.0. The van der Waals surface area contributed by atoms with Crippen molar-refractivity contribution in [3.8, 4) is 5.75 Å². The molecule has 0 saturated carbocycles. The molecule has 3 N–H and O–H groups in total. The van der Waals surface area contributed by atoms with E-state index in [9.17, 15) is 9.59 Å². The number of anilines is 2. The molecular weight excluding hydrogens is 306 g/mol. The summed E-state index contributed by atoms with van der Waals surface area (Å²) in [5.41, 5.74) is 2.37. The van der Waals surface area contributed by atoms with Gasteiger partial charge in [0.1, 0.15) is 5.75 Å². The van der Waals surface area contributed by atoms with Crippen LogP contribution in [0.3, 0.4) is 0 Å². The van der Waals surface area contributed by atoms with Gasteiger partial charge in [0.15, 0.2) is 0 Å². The van der Waals surface area contributed by atoms with E-state index in [2.05, 4.69) is 16.0 Å². The number of hydrogen-bond donors (Lipinski definition) is 3. The average molecular weight is 327 g/mol. The normalized spacial score (nSPS) is 9.92. The minimum Gasteiger partial charge on any atom is -0.494 e. The molecule has 6 nitrogen and oxygen atoms in total. The van der Waals surface area contributed by atoms with Crippen LogP contribution in [0, 0.1) is 6.92 Å². The van der Waals surface area contributed by atoms with Crippen LogP contribution in [-0.4, -0.2) is 25.1 Å². The number of amides is 3. The highest BCUT2D eigenvalue weighted by Crippen LogP contribution is 2.15. The van der Waals surface area contributed by atoms with Crippen LogP contribution in [0.15, 0.2) is 48.5 Å². The largest absolute Gasteiger partial charge is 0.494 e. The molecule has 2 rings (SSSR count). The Bertz CT molecular complexity index is 699. The topological polar surface area (TPSA) is 79.5 Å². The molecule has 0 saturated heterocycles. The molecule has 2 aromatic rings. The SMILES string of the molecule is CCOc1ccc(NC(=O)NCC(=O)Nc2cccc(C)c2)cc1. The second-order valence-electron chi connectivity index (χ2n) is 5.18. The molecule has 0 aliphatic rings. The van der Waals surface area contributed by atoms with E-state index < -0.39 is 6.03 Å². The highest BCUT2D eigenvalue weighted by molar-refractivity contribution is 5.96. The first-order valence-electron chi connectivity index (χ1n) is 7.71. The summed E-state index contributed by atoms with van der Waals surface area (Å²) in [4.78, 5) is 23.6. The van der Waals surface area contributed by atoms with Gasteiger partial charge >= 0.3 is 6.03 Å². The molecule has 0 aliphatic carbocycles. The van der Waals surface area contributed by atoms with E-state index in [-0.39, 0.29) is 12.5 Å². The third-order valence-corrected chi connectivity index (χ3v) is 3.13. The molecular formula is C18H21N3O3. The van der Waals surface area contributed by atoms with Crippen molar-refractivity contribution in [1.29, 1.82) is 0 Å². The van der Waals surface area contributed by atoms with E-state index in [1.54, 1.807) is 30.3 Å². The van der Waals surface area contributed by atoms with Crippen LogP contribution in [0.1, 0.15) is 12.5 Å². The van der Waals surface area contributed by atoms with Crippen molar-refractivity contribution in [3.63, 3.8) is 0 Å². The van der Waals surface area contributed by atoms with E-state index >= 15 is 0 Å². The lowest BCUT2D eigenvalue weighted by Crippen LogP contribution is -2.35. The fraction of sp³-hybridized carbons (Fsp3) is 0.222. The van der Waals surface area contributed by atoms with Gasteiger partial charge in [-0.05, 0) is 55.8 Å². The lowest BCUT2D eigenvalue weighted by molar-refractivity contribution is -0.115. The molecule has 2 aromatic carbocycles. The van der Waals surface area contributed by atoms with Gasteiger partial charge in [-0.15, -0.1) is 0 Å². The Morgan fingerprint density at radius 1 is 1.00 bits per heavy atom. The fourth-order valence-corrected chi connectivity index (χ4v) is 2.07. The van der Waals surface area contributed by atoms with Crippen molar-refractivity contribution in [3.05, 3.63) is 54.1 Å². The Hall–Kier alpha value is -3.02. The summed E-state index contributed by atoms with van der Waals surface area (Å²) in [7, 11) is 0. The van der Waals surface area contributed by atoms with Gasteiger partial charge < -0.3 is 20.7 Å². The van der Waals surface area contributed by atoms with Crippen molar-refractivity contribution < 1.29 is 14.3 Å². The molecule has 0 heterocycles. The van der Waals surface area contributed by atoms with Crippen molar-refractivity contribution in [2.75, 3.05) is 23.8 Å². The van der Waals surface area contributed by atoms with Gasteiger partial charge in [0.05, 0.1) is 13.2 Å². The number of rotatable bonds is 6. The van der Waals surface area contributed by atoms with Crippen LogP contribution < -0.4 is 20.7 Å². The highest BCUT2D eigenvalue weighted by Gasteiger charge is 2.06. The zero-order chi connectivity index (χ0) is 17.4. The highest BCUT2D eigenvalue weighted by atomic mass is 16.5. The molecule has 0 spiro atoms. The van der Waals surface area contributed by atoms with Crippen LogP contribution >= 0.6 is 0 Å². The zero-order valence-corrected chi connectivity index (χ0v) is 13.8. The maximum Gasteiger partial charge on any atom is 0.319 e. The number of carbonyl (C=O) groups is 2. The monoisotopic (exact) mass is 327 g/mol. The van der Waals surface area contributed by atoms with E-state index in [4.69, 9.17) is 4.74 Å². The van der Waals surface area contributed by atoms with Crippen molar-refractivity contribution in [2.24, 2.45) is 0 Å². The number of nitrogens with one attached hydrogen (secondary N) is 3. The molecule has 6 heteroatoms. The summed E-state index contributed by atoms with van der Waals surface area (Å²) in [5.74, 6) is 0.448. The predicted octanol–water partition coefficient (Wildman–Crippen LogP) is 3.15. The van der Waals surface area contributed by atoms with E-state index in [0.29, 0.717) is 18.0 Å². The first kappa shape index (κ1) is 17.3. The van der Waals surface area contributed by atoms with Gasteiger partial charge in [0.2, 0.25) is 5.91 Å². The van der Waals surface area contributed by atoms with Crippen molar-refractivity contribution >= 4 is 23.3 Å². The molecule has 0 bridgehead atoms. The van der Waals surface area contributed by atoms with Crippen LogP contribution in [0.5, 0.6) is 5.75 Å². The Labute approximate surface area is 141 Å².